The van der Waals surface area contributed by atoms with Gasteiger partial charge < -0.3 is 52.3 Å². The number of carbonyl (C=O) groups excluding carboxylic acids is 1. The lowest BCUT2D eigenvalue weighted by Crippen LogP contribution is -2.12. The van der Waals surface area contributed by atoms with Crippen LogP contribution in [0.4, 0.5) is 11.4 Å². The van der Waals surface area contributed by atoms with Gasteiger partial charge in [-0.15, -0.1) is 12.8 Å². The number of rotatable bonds is 3. The molecule has 12 heteroatoms. The molecule has 0 atom stereocenters. The van der Waals surface area contributed by atoms with Crippen LogP contribution in [-0.2, 0) is 0 Å². The first-order valence-corrected chi connectivity index (χ1v) is 11.5. The number of aryl methyl sites for hydroxylation is 2. The van der Waals surface area contributed by atoms with E-state index in [9.17, 15) is 19.8 Å². The Morgan fingerprint density at radius 2 is 1.05 bits per heavy atom. The Balaban J connectivity index is 0.000000630. The largest absolute Gasteiger partial charge is 0.508 e. The van der Waals surface area contributed by atoms with Gasteiger partial charge in [-0.3, -0.25) is 4.79 Å². The summed E-state index contributed by atoms with van der Waals surface area (Å²) in [7, 11) is 0. The Hall–Kier alpha value is -6.06. The summed E-state index contributed by atoms with van der Waals surface area (Å²) in [5.74, 6) is -5.12. The number of nitrogen functional groups attached to an aromatic ring is 1. The number of carboxylic acids is 1. The third-order valence-electron chi connectivity index (χ3n) is 4.99. The van der Waals surface area contributed by atoms with E-state index in [0.717, 1.165) is 35.5 Å². The van der Waals surface area contributed by atoms with E-state index in [-0.39, 0.29) is 16.8 Å². The molecule has 0 aromatic heterocycles. The van der Waals surface area contributed by atoms with Gasteiger partial charge >= 0.3 is 5.97 Å². The van der Waals surface area contributed by atoms with Gasteiger partial charge in [-0.25, -0.2) is 4.79 Å². The molecule has 0 aliphatic heterocycles. The number of amides is 1. The van der Waals surface area contributed by atoms with E-state index in [1.54, 1.807) is 12.1 Å². The number of nitrogens with two attached hydrogens (primary N) is 1. The van der Waals surface area contributed by atoms with Crippen molar-refractivity contribution in [1.82, 2.24) is 0 Å². The van der Waals surface area contributed by atoms with Crippen LogP contribution < -0.4 is 11.1 Å². The smallest absolute Gasteiger partial charge is 0.343 e. The van der Waals surface area contributed by atoms with Crippen LogP contribution in [0, 0.1) is 26.7 Å². The number of terminal acetylenes is 1. The molecule has 0 spiro atoms. The fraction of sp³-hybridized carbons (Fsp3) is 0.0667. The van der Waals surface area contributed by atoms with Gasteiger partial charge in [-0.1, -0.05) is 35.4 Å². The Morgan fingerprint density at radius 1 is 0.714 bits per heavy atom. The Kier molecular flexibility index (Phi) is 13.6. The zero-order valence-electron chi connectivity index (χ0n) is 23.5. The molecule has 4 aromatic carbocycles. The number of phenols is 6. The van der Waals surface area contributed by atoms with Crippen LogP contribution in [0.25, 0.3) is 0 Å². The van der Waals surface area contributed by atoms with Crippen molar-refractivity contribution in [3.63, 3.8) is 0 Å². The van der Waals surface area contributed by atoms with Crippen LogP contribution in [-0.4, -0.2) is 53.1 Å². The van der Waals surface area contributed by atoms with E-state index in [1.165, 1.54) is 12.0 Å². The quantitative estimate of drug-likeness (QED) is 0.125. The maximum Gasteiger partial charge on any atom is 0.343 e. The molecule has 0 aliphatic rings. The van der Waals surface area contributed by atoms with E-state index in [2.05, 4.69) is 11.7 Å². The van der Waals surface area contributed by atoms with E-state index in [0.29, 0.717) is 5.69 Å². The van der Waals surface area contributed by atoms with Gasteiger partial charge in [-0.2, -0.15) is 0 Å². The number of anilines is 2. The predicted octanol–water partition coefficient (Wildman–Crippen LogP) is 3.87. The molecule has 0 saturated carbocycles. The van der Waals surface area contributed by atoms with E-state index < -0.39 is 46.2 Å². The number of aromatic hydroxyl groups is 6. The van der Waals surface area contributed by atoms with Crippen LogP contribution in [0.15, 0.2) is 72.8 Å². The summed E-state index contributed by atoms with van der Waals surface area (Å²) in [6.45, 7) is 3.96. The number of aromatic carboxylic acids is 1. The molecular weight excluding hydrogens is 548 g/mol. The molecular formula is C30H32N2O10. The summed E-state index contributed by atoms with van der Waals surface area (Å²) in [4.78, 5) is 22.3. The van der Waals surface area contributed by atoms with Crippen molar-refractivity contribution in [2.45, 2.75) is 13.8 Å². The summed E-state index contributed by atoms with van der Waals surface area (Å²) < 4.78 is 5.74. The highest BCUT2D eigenvalue weighted by Crippen LogP contribution is 2.33. The van der Waals surface area contributed by atoms with E-state index in [1.807, 2.05) is 50.2 Å². The van der Waals surface area contributed by atoms with Crippen molar-refractivity contribution in [3.8, 4) is 47.3 Å². The number of carboxylic acid groups (broad SMARTS) is 1. The van der Waals surface area contributed by atoms with Crippen molar-refractivity contribution in [1.29, 1.82) is 0 Å². The highest BCUT2D eigenvalue weighted by Gasteiger charge is 2.18. The highest BCUT2D eigenvalue weighted by atomic mass is 16.4. The lowest BCUT2D eigenvalue weighted by Gasteiger charge is -2.09. The maximum atomic E-state index is 11.9. The Morgan fingerprint density at radius 3 is 1.38 bits per heavy atom. The first-order valence-electron chi connectivity index (χ1n) is 12.0. The molecule has 0 aliphatic carbocycles. The predicted molar refractivity (Wildman–Crippen MR) is 158 cm³/mol. The second-order valence-electron chi connectivity index (χ2n) is 8.25. The van der Waals surface area contributed by atoms with Gasteiger partial charge in [0.25, 0.3) is 5.91 Å². The fourth-order valence-electron chi connectivity index (χ4n) is 3.04. The van der Waals surface area contributed by atoms with Crippen LogP contribution in [0.1, 0.15) is 33.2 Å². The molecule has 1 amide bonds. The third kappa shape index (κ3) is 11.0. The Labute approximate surface area is 242 Å². The maximum absolute atomic E-state index is 11.9. The SMILES string of the molecule is Cc1ccc(N)cc1.Cc1ccc(NC(=O)c2c(O)cc(O)cc2O)cc1.O.O=C(O)c1c(O)cc(O)cc1O.[2H]C#C. The number of hydrogen-bond acceptors (Lipinski definition) is 9. The molecule has 4 rings (SSSR count). The summed E-state index contributed by atoms with van der Waals surface area (Å²) in [5.41, 5.74) is 8.20. The second kappa shape index (κ2) is 16.8. The van der Waals surface area contributed by atoms with Gasteiger partial charge in [0.1, 0.15) is 47.0 Å². The fourth-order valence-corrected chi connectivity index (χ4v) is 3.04. The average Bonchev–Trinajstić information content (AvgIpc) is 2.87. The molecule has 0 heterocycles. The van der Waals surface area contributed by atoms with E-state index in [4.69, 9.17) is 32.6 Å². The monoisotopic (exact) mass is 581 g/mol. The molecule has 42 heavy (non-hydrogen) atoms. The van der Waals surface area contributed by atoms with Gasteiger partial charge in [-0.05, 0) is 38.1 Å². The van der Waals surface area contributed by atoms with Crippen LogP contribution >= 0.6 is 0 Å². The molecule has 222 valence electrons. The first-order chi connectivity index (χ1) is 19.7. The van der Waals surface area contributed by atoms with Crippen LogP contribution in [0.3, 0.4) is 0 Å². The standard InChI is InChI=1S/C14H13NO4.C7H9N.C7H6O5.C2H2.H2O/c1-8-2-4-9(5-3-8)15-14(19)13-11(17)6-10(16)7-12(13)18;1-6-2-4-7(8)5-3-6;8-3-1-4(9)6(7(11)12)5(10)2-3;1-2;/h2-7,16-18H,1H3,(H,15,19);2-5H,8H2,1H3;1-2,8-10H,(H,11,12);1-2H;1H2/i;;;1D;. The summed E-state index contributed by atoms with van der Waals surface area (Å²) in [6.07, 6.45) is 5.76. The molecule has 0 radical (unpaired) electrons. The zero-order chi connectivity index (χ0) is 32.0. The molecule has 4 aromatic rings. The minimum atomic E-state index is -1.45. The van der Waals surface area contributed by atoms with Gasteiger partial charge in [0.05, 0.1) is 0 Å². The minimum absolute atomic E-state index is 0. The number of hydrogen-bond donors (Lipinski definition) is 9. The van der Waals surface area contributed by atoms with Gasteiger partial charge in [0.15, 0.2) is 0 Å². The molecule has 12 N–H and O–H groups in total. The number of benzene rings is 4. The second-order valence-corrected chi connectivity index (χ2v) is 8.25. The Bertz CT molecular complexity index is 1480. The van der Waals surface area contributed by atoms with Crippen molar-refractivity contribution in [2.24, 2.45) is 0 Å². The lowest BCUT2D eigenvalue weighted by atomic mass is 10.1. The number of phenolic OH excluding ortho intramolecular Hbond substituents is 4. The van der Waals surface area contributed by atoms with Crippen molar-refractivity contribution >= 4 is 23.3 Å². The van der Waals surface area contributed by atoms with Crippen LogP contribution in [0.2, 0.25) is 0 Å². The van der Waals surface area contributed by atoms with E-state index >= 15 is 0 Å². The van der Waals surface area contributed by atoms with Crippen LogP contribution in [0.5, 0.6) is 34.5 Å². The average molecular weight is 582 g/mol. The van der Waals surface area contributed by atoms with Gasteiger partial charge in [0.2, 0.25) is 0 Å². The summed E-state index contributed by atoms with van der Waals surface area (Å²) >= 11 is 0. The highest BCUT2D eigenvalue weighted by molar-refractivity contribution is 6.08. The summed E-state index contributed by atoms with van der Waals surface area (Å²) in [6, 6.07) is 18.5. The van der Waals surface area contributed by atoms with Crippen molar-refractivity contribution < 1.29 is 52.2 Å². The summed E-state index contributed by atoms with van der Waals surface area (Å²) in [5, 5.41) is 66.0. The first kappa shape index (κ1) is 34.0. The number of nitrogens with one attached hydrogen (secondary N) is 1. The third-order valence-corrected chi connectivity index (χ3v) is 4.99. The molecule has 0 bridgehead atoms. The zero-order valence-corrected chi connectivity index (χ0v) is 22.5. The molecule has 0 unspecified atom stereocenters. The van der Waals surface area contributed by atoms with Crippen molar-refractivity contribution in [2.75, 3.05) is 11.1 Å². The minimum Gasteiger partial charge on any atom is -0.508 e. The topological polar surface area (TPSA) is 245 Å². The molecule has 0 saturated heterocycles. The normalized spacial score (nSPS) is 9.31. The number of carbonyl (C=O) groups is 2. The molecule has 12 nitrogen and oxygen atoms in total. The lowest BCUT2D eigenvalue weighted by molar-refractivity contribution is 0.0690. The van der Waals surface area contributed by atoms with Crippen molar-refractivity contribution in [3.05, 3.63) is 95.1 Å². The van der Waals surface area contributed by atoms with Gasteiger partial charge in [0, 0.05) is 35.6 Å². The molecule has 0 fully saturated rings.